The van der Waals surface area contributed by atoms with E-state index in [1.54, 1.807) is 18.2 Å². The first-order chi connectivity index (χ1) is 11.9. The van der Waals surface area contributed by atoms with Gasteiger partial charge in [0.1, 0.15) is 22.2 Å². The molecule has 0 aliphatic carbocycles. The van der Waals surface area contributed by atoms with Gasteiger partial charge < -0.3 is 19.4 Å². The molecule has 0 radical (unpaired) electrons. The van der Waals surface area contributed by atoms with Gasteiger partial charge in [0, 0.05) is 11.6 Å². The number of benzene rings is 1. The van der Waals surface area contributed by atoms with Crippen LogP contribution in [-0.2, 0) is 0 Å². The SMILES string of the molecule is COc1cc(/C=N\Nc2c(Cl)c(Cl)nc(C(=O)[O-])c2Cl)cc(OC)c1. The van der Waals surface area contributed by atoms with E-state index in [0.29, 0.717) is 17.1 Å². The van der Waals surface area contributed by atoms with Crippen molar-refractivity contribution in [3.63, 3.8) is 0 Å². The number of hydrogen-bond acceptors (Lipinski definition) is 7. The molecule has 0 saturated carbocycles. The number of hydrogen-bond donors (Lipinski definition) is 1. The first kappa shape index (κ1) is 19.1. The molecule has 0 saturated heterocycles. The van der Waals surface area contributed by atoms with Gasteiger partial charge in [0.25, 0.3) is 0 Å². The number of carbonyl (C=O) groups is 1. The Balaban J connectivity index is 2.33. The number of hydrazone groups is 1. The van der Waals surface area contributed by atoms with Crippen LogP contribution in [0.1, 0.15) is 16.1 Å². The largest absolute Gasteiger partial charge is 0.543 e. The van der Waals surface area contributed by atoms with Gasteiger partial charge in [0.05, 0.1) is 37.1 Å². The number of carboxylic acids is 1. The number of aromatic carboxylic acids is 1. The van der Waals surface area contributed by atoms with Crippen molar-refractivity contribution in [3.8, 4) is 11.5 Å². The lowest BCUT2D eigenvalue weighted by Gasteiger charge is -2.12. The maximum Gasteiger partial charge on any atom is 0.150 e. The van der Waals surface area contributed by atoms with Crippen molar-refractivity contribution < 1.29 is 19.4 Å². The molecule has 0 fully saturated rings. The molecule has 2 aromatic rings. The van der Waals surface area contributed by atoms with E-state index in [1.807, 2.05) is 0 Å². The fourth-order valence-electron chi connectivity index (χ4n) is 1.82. The van der Waals surface area contributed by atoms with Crippen LogP contribution >= 0.6 is 34.8 Å². The number of nitrogens with one attached hydrogen (secondary N) is 1. The lowest BCUT2D eigenvalue weighted by molar-refractivity contribution is -0.255. The summed E-state index contributed by atoms with van der Waals surface area (Å²) in [6.45, 7) is 0. The molecule has 25 heavy (non-hydrogen) atoms. The summed E-state index contributed by atoms with van der Waals surface area (Å²) in [6, 6.07) is 5.12. The summed E-state index contributed by atoms with van der Waals surface area (Å²) in [6.07, 6.45) is 1.44. The Morgan fingerprint density at radius 3 is 2.28 bits per heavy atom. The first-order valence-corrected chi connectivity index (χ1v) is 7.78. The summed E-state index contributed by atoms with van der Waals surface area (Å²) in [5.41, 5.74) is 2.65. The van der Waals surface area contributed by atoms with E-state index in [1.165, 1.54) is 20.4 Å². The molecule has 7 nitrogen and oxygen atoms in total. The molecule has 0 amide bonds. The minimum atomic E-state index is -1.59. The van der Waals surface area contributed by atoms with Gasteiger partial charge in [-0.3, -0.25) is 5.43 Å². The maximum absolute atomic E-state index is 11.0. The summed E-state index contributed by atoms with van der Waals surface area (Å²) in [4.78, 5) is 14.6. The molecular weight excluding hydrogens is 393 g/mol. The summed E-state index contributed by atoms with van der Waals surface area (Å²) in [5.74, 6) is -0.445. The Morgan fingerprint density at radius 1 is 1.16 bits per heavy atom. The molecule has 0 bridgehead atoms. The van der Waals surface area contributed by atoms with E-state index in [9.17, 15) is 9.90 Å². The Labute approximate surface area is 158 Å². The predicted octanol–water partition coefficient (Wildman–Crippen LogP) is 2.87. The molecule has 1 heterocycles. The lowest BCUT2D eigenvalue weighted by Crippen LogP contribution is -2.24. The smallest absolute Gasteiger partial charge is 0.150 e. The van der Waals surface area contributed by atoms with Crippen LogP contribution in [0.2, 0.25) is 15.2 Å². The zero-order chi connectivity index (χ0) is 18.6. The van der Waals surface area contributed by atoms with E-state index >= 15 is 0 Å². The van der Waals surface area contributed by atoms with Gasteiger partial charge in [0.15, 0.2) is 5.15 Å². The van der Waals surface area contributed by atoms with Gasteiger partial charge in [0.2, 0.25) is 0 Å². The molecule has 1 N–H and O–H groups in total. The van der Waals surface area contributed by atoms with Crippen LogP contribution in [-0.4, -0.2) is 31.4 Å². The van der Waals surface area contributed by atoms with Crippen LogP contribution in [0.25, 0.3) is 0 Å². The molecule has 0 spiro atoms. The number of rotatable bonds is 6. The second-order valence-corrected chi connectivity index (χ2v) is 5.67. The monoisotopic (exact) mass is 402 g/mol. The number of anilines is 1. The van der Waals surface area contributed by atoms with Crippen molar-refractivity contribution in [1.82, 2.24) is 4.98 Å². The van der Waals surface area contributed by atoms with Crippen molar-refractivity contribution >= 4 is 52.7 Å². The van der Waals surface area contributed by atoms with Crippen LogP contribution in [0, 0.1) is 0 Å². The Morgan fingerprint density at radius 2 is 1.76 bits per heavy atom. The normalized spacial score (nSPS) is 10.8. The number of pyridine rings is 1. The van der Waals surface area contributed by atoms with Crippen LogP contribution in [0.15, 0.2) is 23.3 Å². The van der Waals surface area contributed by atoms with Crippen LogP contribution in [0.5, 0.6) is 11.5 Å². The van der Waals surface area contributed by atoms with E-state index in [2.05, 4.69) is 15.5 Å². The number of methoxy groups -OCH3 is 2. The van der Waals surface area contributed by atoms with E-state index in [0.717, 1.165) is 0 Å². The second-order valence-electron chi connectivity index (χ2n) is 4.56. The summed E-state index contributed by atoms with van der Waals surface area (Å²) >= 11 is 17.7. The number of carbonyl (C=O) groups excluding carboxylic acids is 1. The maximum atomic E-state index is 11.0. The zero-order valence-electron chi connectivity index (χ0n) is 13.0. The van der Waals surface area contributed by atoms with Gasteiger partial charge in [-0.2, -0.15) is 5.10 Å². The topological polar surface area (TPSA) is 95.9 Å². The Hall–Kier alpha value is -2.22. The summed E-state index contributed by atoms with van der Waals surface area (Å²) < 4.78 is 10.3. The Kier molecular flexibility index (Phi) is 6.30. The molecule has 0 aliphatic heterocycles. The molecule has 10 heteroatoms. The number of ether oxygens (including phenoxy) is 2. The van der Waals surface area contributed by atoms with Crippen molar-refractivity contribution in [2.75, 3.05) is 19.6 Å². The van der Waals surface area contributed by atoms with Crippen molar-refractivity contribution in [2.45, 2.75) is 0 Å². The van der Waals surface area contributed by atoms with E-state index in [4.69, 9.17) is 44.3 Å². The highest BCUT2D eigenvalue weighted by Crippen LogP contribution is 2.36. The quantitative estimate of drug-likeness (QED) is 0.453. The molecule has 1 aromatic carbocycles. The fourth-order valence-corrected chi connectivity index (χ4v) is 2.49. The molecule has 0 aliphatic rings. The zero-order valence-corrected chi connectivity index (χ0v) is 15.2. The van der Waals surface area contributed by atoms with Gasteiger partial charge in [-0.25, -0.2) is 4.98 Å². The van der Waals surface area contributed by atoms with Crippen molar-refractivity contribution in [1.29, 1.82) is 0 Å². The number of carboxylic acid groups (broad SMARTS) is 1. The lowest BCUT2D eigenvalue weighted by atomic mass is 10.2. The van der Waals surface area contributed by atoms with E-state index < -0.39 is 11.7 Å². The highest BCUT2D eigenvalue weighted by Gasteiger charge is 2.17. The van der Waals surface area contributed by atoms with Crippen LogP contribution in [0.3, 0.4) is 0 Å². The minimum absolute atomic E-state index is 0.00588. The van der Waals surface area contributed by atoms with Gasteiger partial charge in [-0.1, -0.05) is 34.8 Å². The second kappa shape index (κ2) is 8.24. The minimum Gasteiger partial charge on any atom is -0.543 e. The molecule has 0 atom stereocenters. The van der Waals surface area contributed by atoms with Crippen molar-refractivity contribution in [3.05, 3.63) is 44.7 Å². The van der Waals surface area contributed by atoms with Crippen molar-refractivity contribution in [2.24, 2.45) is 5.10 Å². The molecule has 132 valence electrons. The highest BCUT2D eigenvalue weighted by molar-refractivity contribution is 6.46. The Bertz CT molecular complexity index is 821. The predicted molar refractivity (Wildman–Crippen MR) is 94.4 cm³/mol. The molecule has 1 aromatic heterocycles. The molecule has 0 unspecified atom stereocenters. The fraction of sp³-hybridized carbons (Fsp3) is 0.133. The third-order valence-corrected chi connectivity index (χ3v) is 4.10. The van der Waals surface area contributed by atoms with Gasteiger partial charge >= 0.3 is 0 Å². The number of nitrogens with zero attached hydrogens (tertiary/aromatic N) is 2. The molecule has 2 rings (SSSR count). The number of aromatic nitrogens is 1. The first-order valence-electron chi connectivity index (χ1n) is 6.65. The molecular formula is C15H11Cl3N3O4-. The standard InChI is InChI=1S/C15H12Cl3N3O4/c1-24-8-3-7(4-9(5-8)25-2)6-19-21-12-10(16)13(15(22)23)20-14(18)11(12)17/h3-6H,1-2H3,(H,20,21)(H,22,23)/p-1/b19-6-. The van der Waals surface area contributed by atoms with Crippen LogP contribution in [0.4, 0.5) is 5.69 Å². The number of halogens is 3. The third-order valence-electron chi connectivity index (χ3n) is 3.00. The third kappa shape index (κ3) is 4.45. The average Bonchev–Trinajstić information content (AvgIpc) is 2.60. The summed E-state index contributed by atoms with van der Waals surface area (Å²) in [7, 11) is 3.04. The average molecular weight is 404 g/mol. The van der Waals surface area contributed by atoms with Crippen LogP contribution < -0.4 is 20.0 Å². The van der Waals surface area contributed by atoms with E-state index in [-0.39, 0.29) is 20.9 Å². The van der Waals surface area contributed by atoms with Gasteiger partial charge in [-0.05, 0) is 12.1 Å². The summed E-state index contributed by atoms with van der Waals surface area (Å²) in [5, 5.41) is 14.4. The van der Waals surface area contributed by atoms with Gasteiger partial charge in [-0.15, -0.1) is 0 Å². The highest BCUT2D eigenvalue weighted by atomic mass is 35.5.